The van der Waals surface area contributed by atoms with Crippen LogP contribution in [0.3, 0.4) is 0 Å². The Morgan fingerprint density at radius 2 is 1.91 bits per heavy atom. The van der Waals surface area contributed by atoms with Gasteiger partial charge in [0.15, 0.2) is 0 Å². The first-order valence-electron chi connectivity index (χ1n) is 10.6. The van der Waals surface area contributed by atoms with Crippen LogP contribution in [-0.4, -0.2) is 36.5 Å². The minimum Gasteiger partial charge on any atom is -0.392 e. The number of halogens is 1. The van der Waals surface area contributed by atoms with E-state index in [1.54, 1.807) is 41.9 Å². The van der Waals surface area contributed by atoms with Gasteiger partial charge in [-0.1, -0.05) is 41.9 Å². The van der Waals surface area contributed by atoms with Gasteiger partial charge in [0.05, 0.1) is 17.7 Å². The quantitative estimate of drug-likeness (QED) is 0.354. The maximum Gasteiger partial charge on any atom is 0.301 e. The Labute approximate surface area is 203 Å². The van der Waals surface area contributed by atoms with Gasteiger partial charge in [0.2, 0.25) is 5.91 Å². The Balaban J connectivity index is 1.87. The highest BCUT2D eigenvalue weighted by Crippen LogP contribution is 2.29. The van der Waals surface area contributed by atoms with Crippen molar-refractivity contribution in [2.75, 3.05) is 6.54 Å². The van der Waals surface area contributed by atoms with Crippen molar-refractivity contribution in [2.24, 2.45) is 7.05 Å². The lowest BCUT2D eigenvalue weighted by molar-refractivity contribution is -0.117. The van der Waals surface area contributed by atoms with E-state index in [4.69, 9.17) is 11.6 Å². The number of nitrogens with zero attached hydrogens (tertiary/aromatic N) is 1. The molecule has 3 aromatic rings. The second kappa shape index (κ2) is 10.6. The van der Waals surface area contributed by atoms with Gasteiger partial charge in [-0.25, -0.2) is 4.72 Å². The lowest BCUT2D eigenvalue weighted by Gasteiger charge is -2.20. The van der Waals surface area contributed by atoms with Crippen LogP contribution in [0.4, 0.5) is 0 Å². The Kier molecular flexibility index (Phi) is 7.98. The number of aromatic nitrogens is 1. The topological polar surface area (TPSA) is 130 Å². The van der Waals surface area contributed by atoms with Gasteiger partial charge in [0.25, 0.3) is 5.91 Å². The molecule has 11 heteroatoms. The second-order valence-corrected chi connectivity index (χ2v) is 9.87. The highest BCUT2D eigenvalue weighted by molar-refractivity contribution is 7.88. The average Bonchev–Trinajstić information content (AvgIpc) is 3.11. The first kappa shape index (κ1) is 25.7. The van der Waals surface area contributed by atoms with Gasteiger partial charge in [0.1, 0.15) is 5.69 Å². The summed E-state index contributed by atoms with van der Waals surface area (Å²) in [6, 6.07) is 12.0. The van der Waals surface area contributed by atoms with Gasteiger partial charge in [-0.3, -0.25) is 9.59 Å². The number of rotatable bonds is 9. The van der Waals surface area contributed by atoms with E-state index in [0.29, 0.717) is 21.8 Å². The smallest absolute Gasteiger partial charge is 0.301 e. The van der Waals surface area contributed by atoms with E-state index in [9.17, 15) is 23.1 Å². The SMILES string of the molecule is CC(=O)NS(=O)(=O)NCCC(NC(=O)c1cc2c(Cl)c(C)ccc2n1C)c1cccc(CO)c1. The molecule has 0 aliphatic carbocycles. The van der Waals surface area contributed by atoms with Crippen LogP contribution in [-0.2, 0) is 28.7 Å². The van der Waals surface area contributed by atoms with E-state index < -0.39 is 22.2 Å². The van der Waals surface area contributed by atoms with E-state index >= 15 is 0 Å². The summed E-state index contributed by atoms with van der Waals surface area (Å²) in [5.74, 6) is -1.07. The van der Waals surface area contributed by atoms with Crippen LogP contribution in [0.1, 0.15) is 46.6 Å². The van der Waals surface area contributed by atoms with Gasteiger partial charge >= 0.3 is 10.2 Å². The summed E-state index contributed by atoms with van der Waals surface area (Å²) in [7, 11) is -2.24. The first-order valence-corrected chi connectivity index (χ1v) is 12.4. The Morgan fingerprint density at radius 3 is 2.59 bits per heavy atom. The predicted octanol–water partition coefficient (Wildman–Crippen LogP) is 2.46. The van der Waals surface area contributed by atoms with Crippen molar-refractivity contribution in [1.82, 2.24) is 19.3 Å². The Morgan fingerprint density at radius 1 is 1.18 bits per heavy atom. The maximum atomic E-state index is 13.3. The molecule has 3 rings (SSSR count). The van der Waals surface area contributed by atoms with Crippen LogP contribution in [0.15, 0.2) is 42.5 Å². The van der Waals surface area contributed by atoms with Crippen molar-refractivity contribution >= 4 is 44.5 Å². The highest BCUT2D eigenvalue weighted by Gasteiger charge is 2.21. The second-order valence-electron chi connectivity index (χ2n) is 7.99. The van der Waals surface area contributed by atoms with Crippen molar-refractivity contribution < 1.29 is 23.1 Å². The van der Waals surface area contributed by atoms with Crippen molar-refractivity contribution in [1.29, 1.82) is 0 Å². The number of carbonyl (C=O) groups is 2. The molecule has 1 unspecified atom stereocenters. The molecule has 0 fully saturated rings. The van der Waals surface area contributed by atoms with Crippen molar-refractivity contribution in [3.63, 3.8) is 0 Å². The molecule has 0 spiro atoms. The van der Waals surface area contributed by atoms with Gasteiger partial charge in [-0.15, -0.1) is 0 Å². The molecular formula is C23H27ClN4O5S. The third kappa shape index (κ3) is 5.95. The summed E-state index contributed by atoms with van der Waals surface area (Å²) in [6.45, 7) is 2.77. The molecule has 4 N–H and O–H groups in total. The van der Waals surface area contributed by atoms with Crippen LogP contribution in [0.2, 0.25) is 5.02 Å². The molecular weight excluding hydrogens is 480 g/mol. The summed E-state index contributed by atoms with van der Waals surface area (Å²) in [6.07, 6.45) is 0.198. The number of hydrogen-bond acceptors (Lipinski definition) is 5. The lowest BCUT2D eigenvalue weighted by atomic mass is 10.0. The minimum absolute atomic E-state index is 0.0446. The third-order valence-corrected chi connectivity index (χ3v) is 7.07. The summed E-state index contributed by atoms with van der Waals surface area (Å²) in [4.78, 5) is 24.3. The molecule has 34 heavy (non-hydrogen) atoms. The molecule has 0 bridgehead atoms. The van der Waals surface area contributed by atoms with Crippen LogP contribution in [0.5, 0.6) is 0 Å². The van der Waals surface area contributed by atoms with Crippen LogP contribution in [0.25, 0.3) is 10.9 Å². The zero-order chi connectivity index (χ0) is 25.0. The summed E-state index contributed by atoms with van der Waals surface area (Å²) >= 11 is 6.43. The van der Waals surface area contributed by atoms with Crippen LogP contribution in [0, 0.1) is 6.92 Å². The largest absolute Gasteiger partial charge is 0.392 e. The molecule has 2 amide bonds. The fraction of sp³-hybridized carbons (Fsp3) is 0.304. The molecule has 182 valence electrons. The van der Waals surface area contributed by atoms with Crippen LogP contribution < -0.4 is 14.8 Å². The number of nitrogens with one attached hydrogen (secondary N) is 3. The Bertz CT molecular complexity index is 1340. The number of aliphatic hydroxyl groups excluding tert-OH is 1. The van der Waals surface area contributed by atoms with Crippen molar-refractivity contribution in [2.45, 2.75) is 32.9 Å². The minimum atomic E-state index is -4.01. The highest BCUT2D eigenvalue weighted by atomic mass is 35.5. The average molecular weight is 507 g/mol. The standard InChI is InChI=1S/C23H27ClN4O5S/c1-14-7-8-20-18(22(14)24)12-21(28(20)3)23(31)26-19(17-6-4-5-16(11-17)13-29)9-10-25-34(32,33)27-15(2)30/h4-8,11-12,19,25,29H,9-10,13H2,1-3H3,(H,26,31)(H,27,30). The van der Waals surface area contributed by atoms with E-state index in [0.717, 1.165) is 23.4 Å². The molecule has 0 radical (unpaired) electrons. The molecule has 1 heterocycles. The monoisotopic (exact) mass is 506 g/mol. The van der Waals surface area contributed by atoms with Crippen LogP contribution >= 0.6 is 11.6 Å². The number of aliphatic hydroxyl groups is 1. The number of benzene rings is 2. The van der Waals surface area contributed by atoms with E-state index in [-0.39, 0.29) is 25.5 Å². The maximum absolute atomic E-state index is 13.3. The van der Waals surface area contributed by atoms with Gasteiger partial charge in [0, 0.05) is 31.4 Å². The third-order valence-electron chi connectivity index (χ3n) is 5.43. The number of hydrogen-bond donors (Lipinski definition) is 4. The molecule has 2 aromatic carbocycles. The predicted molar refractivity (Wildman–Crippen MR) is 131 cm³/mol. The fourth-order valence-electron chi connectivity index (χ4n) is 3.73. The Hall–Kier alpha value is -2.92. The van der Waals surface area contributed by atoms with Gasteiger partial charge in [-0.05, 0) is 42.2 Å². The number of aryl methyl sites for hydroxylation is 2. The first-order chi connectivity index (χ1) is 16.0. The zero-order valence-corrected chi connectivity index (χ0v) is 20.6. The fourth-order valence-corrected chi connectivity index (χ4v) is 4.78. The summed E-state index contributed by atoms with van der Waals surface area (Å²) in [5, 5.41) is 13.8. The molecule has 9 nitrogen and oxygen atoms in total. The lowest BCUT2D eigenvalue weighted by Crippen LogP contribution is -2.40. The van der Waals surface area contributed by atoms with Crippen molar-refractivity contribution in [3.05, 3.63) is 69.9 Å². The van der Waals surface area contributed by atoms with Gasteiger partial charge in [-0.2, -0.15) is 13.1 Å². The van der Waals surface area contributed by atoms with Gasteiger partial charge < -0.3 is 15.0 Å². The number of amides is 2. The number of fused-ring (bicyclic) bond motifs is 1. The van der Waals surface area contributed by atoms with E-state index in [1.807, 2.05) is 23.8 Å². The molecule has 0 saturated heterocycles. The molecule has 1 atom stereocenters. The van der Waals surface area contributed by atoms with Crippen molar-refractivity contribution in [3.8, 4) is 0 Å². The normalized spacial score (nSPS) is 12.5. The summed E-state index contributed by atoms with van der Waals surface area (Å²) < 4.78 is 29.7. The zero-order valence-electron chi connectivity index (χ0n) is 19.1. The number of carbonyl (C=O) groups excluding carboxylic acids is 2. The molecule has 1 aromatic heterocycles. The molecule has 0 aliphatic heterocycles. The summed E-state index contributed by atoms with van der Waals surface area (Å²) in [5.41, 5.74) is 3.46. The molecule has 0 saturated carbocycles. The molecule has 0 aliphatic rings. The van der Waals surface area contributed by atoms with E-state index in [2.05, 4.69) is 10.0 Å². The van der Waals surface area contributed by atoms with E-state index in [1.165, 1.54) is 0 Å².